The SMILES string of the molecule is CCCCCCCCNc1cccc(C(N)=S)n1. The smallest absolute Gasteiger partial charge is 0.126 e. The largest absolute Gasteiger partial charge is 0.388 e. The molecule has 4 heteroatoms. The van der Waals surface area contributed by atoms with Crippen LogP contribution in [0, 0.1) is 0 Å². The number of hydrogen-bond acceptors (Lipinski definition) is 3. The molecule has 0 saturated heterocycles. The number of thiocarbonyl (C=S) groups is 1. The summed E-state index contributed by atoms with van der Waals surface area (Å²) in [4.78, 5) is 4.69. The molecule has 1 aromatic heterocycles. The summed E-state index contributed by atoms with van der Waals surface area (Å²) < 4.78 is 0. The Labute approximate surface area is 115 Å². The Kier molecular flexibility index (Phi) is 7.34. The molecule has 18 heavy (non-hydrogen) atoms. The highest BCUT2D eigenvalue weighted by atomic mass is 32.1. The molecular weight excluding hydrogens is 242 g/mol. The van der Waals surface area contributed by atoms with Crippen LogP contribution in [0.15, 0.2) is 18.2 Å². The normalized spacial score (nSPS) is 10.3. The predicted octanol–water partition coefficient (Wildman–Crippen LogP) is 3.49. The van der Waals surface area contributed by atoms with E-state index >= 15 is 0 Å². The van der Waals surface area contributed by atoms with Gasteiger partial charge in [-0.3, -0.25) is 0 Å². The first-order chi connectivity index (χ1) is 8.74. The van der Waals surface area contributed by atoms with E-state index in [4.69, 9.17) is 18.0 Å². The number of anilines is 1. The van der Waals surface area contributed by atoms with Gasteiger partial charge in [0.05, 0.1) is 5.69 Å². The maximum atomic E-state index is 5.55. The second-order valence-electron chi connectivity index (χ2n) is 4.47. The lowest BCUT2D eigenvalue weighted by Gasteiger charge is -2.06. The Balaban J connectivity index is 2.19. The molecule has 0 aliphatic heterocycles. The summed E-state index contributed by atoms with van der Waals surface area (Å²) in [6.45, 7) is 3.20. The highest BCUT2D eigenvalue weighted by molar-refractivity contribution is 7.80. The summed E-state index contributed by atoms with van der Waals surface area (Å²) >= 11 is 4.90. The molecule has 0 unspecified atom stereocenters. The highest BCUT2D eigenvalue weighted by Crippen LogP contribution is 2.07. The fourth-order valence-electron chi connectivity index (χ4n) is 1.79. The number of nitrogens with one attached hydrogen (secondary N) is 1. The lowest BCUT2D eigenvalue weighted by Crippen LogP contribution is -2.13. The second kappa shape index (κ2) is 8.86. The van der Waals surface area contributed by atoms with Crippen LogP contribution in [-0.4, -0.2) is 16.5 Å². The van der Waals surface area contributed by atoms with E-state index in [0.717, 1.165) is 12.4 Å². The molecule has 0 fully saturated rings. The van der Waals surface area contributed by atoms with Gasteiger partial charge in [-0.2, -0.15) is 0 Å². The zero-order valence-corrected chi connectivity index (χ0v) is 11.9. The molecule has 0 atom stereocenters. The van der Waals surface area contributed by atoms with Gasteiger partial charge in [-0.05, 0) is 18.6 Å². The molecule has 1 rings (SSSR count). The van der Waals surface area contributed by atoms with Crippen LogP contribution in [0.25, 0.3) is 0 Å². The Morgan fingerprint density at radius 2 is 1.94 bits per heavy atom. The zero-order valence-electron chi connectivity index (χ0n) is 11.1. The fourth-order valence-corrected chi connectivity index (χ4v) is 1.91. The van der Waals surface area contributed by atoms with Crippen molar-refractivity contribution in [2.45, 2.75) is 45.4 Å². The van der Waals surface area contributed by atoms with E-state index < -0.39 is 0 Å². The maximum absolute atomic E-state index is 5.55. The summed E-state index contributed by atoms with van der Waals surface area (Å²) in [6.07, 6.45) is 7.80. The number of aromatic nitrogens is 1. The number of hydrogen-bond donors (Lipinski definition) is 2. The van der Waals surface area contributed by atoms with Crippen LogP contribution in [0.1, 0.15) is 51.1 Å². The molecule has 0 aromatic carbocycles. The van der Waals surface area contributed by atoms with Crippen LogP contribution < -0.4 is 11.1 Å². The summed E-state index contributed by atoms with van der Waals surface area (Å²) in [5.41, 5.74) is 6.23. The van der Waals surface area contributed by atoms with Crippen molar-refractivity contribution in [2.24, 2.45) is 5.73 Å². The first-order valence-corrected chi connectivity index (χ1v) is 7.15. The van der Waals surface area contributed by atoms with E-state index in [1.54, 1.807) is 0 Å². The van der Waals surface area contributed by atoms with Gasteiger partial charge in [-0.1, -0.05) is 57.3 Å². The highest BCUT2D eigenvalue weighted by Gasteiger charge is 1.99. The van der Waals surface area contributed by atoms with Gasteiger partial charge in [0.15, 0.2) is 0 Å². The molecule has 0 bridgehead atoms. The van der Waals surface area contributed by atoms with Gasteiger partial charge in [0.2, 0.25) is 0 Å². The first kappa shape index (κ1) is 14.9. The Hall–Kier alpha value is -1.16. The average molecular weight is 265 g/mol. The molecule has 0 radical (unpaired) electrons. The summed E-state index contributed by atoms with van der Waals surface area (Å²) in [5, 5.41) is 3.30. The lowest BCUT2D eigenvalue weighted by molar-refractivity contribution is 0.617. The van der Waals surface area contributed by atoms with Crippen molar-refractivity contribution in [3.63, 3.8) is 0 Å². The van der Waals surface area contributed by atoms with E-state index in [0.29, 0.717) is 10.7 Å². The molecule has 3 N–H and O–H groups in total. The Morgan fingerprint density at radius 1 is 1.22 bits per heavy atom. The van der Waals surface area contributed by atoms with Gasteiger partial charge in [0.1, 0.15) is 10.8 Å². The monoisotopic (exact) mass is 265 g/mol. The molecular formula is C14H23N3S. The van der Waals surface area contributed by atoms with Crippen molar-refractivity contribution in [2.75, 3.05) is 11.9 Å². The third kappa shape index (κ3) is 5.96. The van der Waals surface area contributed by atoms with E-state index in [1.165, 1.54) is 38.5 Å². The zero-order chi connectivity index (χ0) is 13.2. The van der Waals surface area contributed by atoms with Crippen molar-refractivity contribution >= 4 is 23.0 Å². The number of unbranched alkanes of at least 4 members (excludes halogenated alkanes) is 5. The van der Waals surface area contributed by atoms with Gasteiger partial charge < -0.3 is 11.1 Å². The molecule has 3 nitrogen and oxygen atoms in total. The number of rotatable bonds is 9. The van der Waals surface area contributed by atoms with E-state index in [1.807, 2.05) is 18.2 Å². The van der Waals surface area contributed by atoms with Crippen molar-refractivity contribution < 1.29 is 0 Å². The lowest BCUT2D eigenvalue weighted by atomic mass is 10.1. The van der Waals surface area contributed by atoms with E-state index in [9.17, 15) is 0 Å². The van der Waals surface area contributed by atoms with Crippen molar-refractivity contribution in [3.05, 3.63) is 23.9 Å². The molecule has 0 amide bonds. The Bertz CT molecular complexity index is 366. The third-order valence-electron chi connectivity index (χ3n) is 2.84. The molecule has 1 heterocycles. The Morgan fingerprint density at radius 3 is 2.67 bits per heavy atom. The van der Waals surface area contributed by atoms with Crippen LogP contribution in [0.4, 0.5) is 5.82 Å². The fraction of sp³-hybridized carbons (Fsp3) is 0.571. The van der Waals surface area contributed by atoms with Crippen molar-refractivity contribution in [1.29, 1.82) is 0 Å². The quantitative estimate of drug-likeness (QED) is 0.530. The van der Waals surface area contributed by atoms with Gasteiger partial charge in [-0.25, -0.2) is 4.98 Å². The molecule has 100 valence electrons. The molecule has 0 aliphatic rings. The van der Waals surface area contributed by atoms with Crippen LogP contribution in [0.5, 0.6) is 0 Å². The van der Waals surface area contributed by atoms with Crippen LogP contribution >= 0.6 is 12.2 Å². The number of nitrogens with two attached hydrogens (primary N) is 1. The average Bonchev–Trinajstić information content (AvgIpc) is 2.38. The van der Waals surface area contributed by atoms with Crippen molar-refractivity contribution in [3.8, 4) is 0 Å². The summed E-state index contributed by atoms with van der Waals surface area (Å²) in [5.74, 6) is 0.855. The van der Waals surface area contributed by atoms with Crippen molar-refractivity contribution in [1.82, 2.24) is 4.98 Å². The number of pyridine rings is 1. The first-order valence-electron chi connectivity index (χ1n) is 6.74. The van der Waals surface area contributed by atoms with Gasteiger partial charge >= 0.3 is 0 Å². The minimum atomic E-state index is 0.346. The van der Waals surface area contributed by atoms with E-state index in [-0.39, 0.29) is 0 Å². The molecule has 0 saturated carbocycles. The molecule has 0 aliphatic carbocycles. The minimum Gasteiger partial charge on any atom is -0.388 e. The van der Waals surface area contributed by atoms with Gasteiger partial charge in [0, 0.05) is 6.54 Å². The standard InChI is InChI=1S/C14H23N3S/c1-2-3-4-5-6-7-11-16-13-10-8-9-12(17-13)14(15)18/h8-10H,2-7,11H2,1H3,(H2,15,18)(H,16,17). The topological polar surface area (TPSA) is 50.9 Å². The number of nitrogens with zero attached hydrogens (tertiary/aromatic N) is 1. The van der Waals surface area contributed by atoms with Crippen LogP contribution in [0.3, 0.4) is 0 Å². The summed E-state index contributed by atoms with van der Waals surface area (Å²) in [7, 11) is 0. The minimum absolute atomic E-state index is 0.346. The van der Waals surface area contributed by atoms with Crippen LogP contribution in [-0.2, 0) is 0 Å². The molecule has 1 aromatic rings. The van der Waals surface area contributed by atoms with Gasteiger partial charge in [-0.15, -0.1) is 0 Å². The predicted molar refractivity (Wildman–Crippen MR) is 82.0 cm³/mol. The third-order valence-corrected chi connectivity index (χ3v) is 3.05. The van der Waals surface area contributed by atoms with Gasteiger partial charge in [0.25, 0.3) is 0 Å². The molecule has 0 spiro atoms. The van der Waals surface area contributed by atoms with Crippen LogP contribution in [0.2, 0.25) is 0 Å². The second-order valence-corrected chi connectivity index (χ2v) is 4.91. The maximum Gasteiger partial charge on any atom is 0.126 e. The summed E-state index contributed by atoms with van der Waals surface area (Å²) in [6, 6.07) is 5.70. The van der Waals surface area contributed by atoms with E-state index in [2.05, 4.69) is 17.2 Å².